The van der Waals surface area contributed by atoms with Crippen LogP contribution in [0.1, 0.15) is 49.5 Å². The summed E-state index contributed by atoms with van der Waals surface area (Å²) in [6, 6.07) is 12.7. The van der Waals surface area contributed by atoms with E-state index in [-0.39, 0.29) is 17.7 Å². The van der Waals surface area contributed by atoms with Gasteiger partial charge in [0.25, 0.3) is 5.91 Å². The van der Waals surface area contributed by atoms with Gasteiger partial charge in [0.1, 0.15) is 5.69 Å². The van der Waals surface area contributed by atoms with E-state index in [1.807, 2.05) is 18.2 Å². The number of piperidine rings is 1. The molecule has 1 N–H and O–H groups in total. The summed E-state index contributed by atoms with van der Waals surface area (Å²) < 4.78 is 7.25. The highest BCUT2D eigenvalue weighted by molar-refractivity contribution is 6.30. The number of benzene rings is 1. The molecule has 8 heteroatoms. The van der Waals surface area contributed by atoms with Gasteiger partial charge in [-0.3, -0.25) is 9.59 Å². The molecule has 2 aromatic heterocycles. The monoisotopic (exact) mass is 468 g/mol. The molecule has 2 amide bonds. The quantitative estimate of drug-likeness (QED) is 0.474. The molecule has 0 radical (unpaired) electrons. The Morgan fingerprint density at radius 2 is 1.97 bits per heavy atom. The van der Waals surface area contributed by atoms with Crippen LogP contribution in [-0.2, 0) is 4.79 Å². The van der Waals surface area contributed by atoms with Crippen molar-refractivity contribution in [2.45, 2.75) is 39.0 Å². The Balaban J connectivity index is 1.46. The fraction of sp³-hybridized carbons (Fsp3) is 0.400. The molecule has 1 aromatic carbocycles. The maximum Gasteiger partial charge on any atom is 0.274 e. The third kappa shape index (κ3) is 5.47. The van der Waals surface area contributed by atoms with Gasteiger partial charge in [-0.05, 0) is 49.6 Å². The molecule has 3 heterocycles. The predicted octanol–water partition coefficient (Wildman–Crippen LogP) is 4.94. The molecule has 174 valence electrons. The molecular formula is C25H29ClN4O3. The van der Waals surface area contributed by atoms with E-state index in [4.69, 9.17) is 16.0 Å². The summed E-state index contributed by atoms with van der Waals surface area (Å²) in [6.07, 6.45) is 6.16. The van der Waals surface area contributed by atoms with Gasteiger partial charge in [-0.15, -0.1) is 0 Å². The maximum atomic E-state index is 13.2. The van der Waals surface area contributed by atoms with Gasteiger partial charge >= 0.3 is 0 Å². The Hall–Kier alpha value is -3.06. The average Bonchev–Trinajstić information content (AvgIpc) is 3.51. The Morgan fingerprint density at radius 1 is 1.15 bits per heavy atom. The van der Waals surface area contributed by atoms with E-state index in [9.17, 15) is 9.59 Å². The van der Waals surface area contributed by atoms with Crippen molar-refractivity contribution < 1.29 is 14.0 Å². The molecule has 0 atom stereocenters. The van der Waals surface area contributed by atoms with E-state index in [1.165, 1.54) is 0 Å². The molecule has 0 spiro atoms. The number of furan rings is 1. The van der Waals surface area contributed by atoms with Crippen LogP contribution in [0.25, 0.3) is 17.1 Å². The number of rotatable bonds is 8. The third-order valence-electron chi connectivity index (χ3n) is 5.99. The second-order valence-electron chi connectivity index (χ2n) is 8.35. The van der Waals surface area contributed by atoms with Gasteiger partial charge in [0, 0.05) is 36.6 Å². The highest BCUT2D eigenvalue weighted by Gasteiger charge is 2.29. The predicted molar refractivity (Wildman–Crippen MR) is 127 cm³/mol. The van der Waals surface area contributed by atoms with Crippen molar-refractivity contribution in [3.63, 3.8) is 0 Å². The number of unbranched alkanes of at least 4 members (excludes halogenated alkanes) is 2. The number of aromatic nitrogens is 2. The van der Waals surface area contributed by atoms with Crippen LogP contribution in [-0.4, -0.2) is 46.1 Å². The van der Waals surface area contributed by atoms with Crippen LogP contribution in [0.15, 0.2) is 53.1 Å². The topological polar surface area (TPSA) is 80.4 Å². The zero-order chi connectivity index (χ0) is 23.2. The van der Waals surface area contributed by atoms with Crippen molar-refractivity contribution in [2.24, 2.45) is 5.92 Å². The fourth-order valence-electron chi connectivity index (χ4n) is 4.13. The van der Waals surface area contributed by atoms with Gasteiger partial charge in [-0.25, -0.2) is 4.68 Å². The molecule has 0 unspecified atom stereocenters. The van der Waals surface area contributed by atoms with E-state index in [0.717, 1.165) is 31.5 Å². The number of hydrogen-bond donors (Lipinski definition) is 1. The van der Waals surface area contributed by atoms with E-state index in [2.05, 4.69) is 17.3 Å². The summed E-state index contributed by atoms with van der Waals surface area (Å²) in [5.74, 6) is 0.521. The molecular weight excluding hydrogens is 440 g/mol. The van der Waals surface area contributed by atoms with Gasteiger partial charge in [0.05, 0.1) is 12.0 Å². The number of carbonyl (C=O) groups is 2. The minimum Gasteiger partial charge on any atom is -0.463 e. The first-order chi connectivity index (χ1) is 16.1. The molecule has 0 aliphatic carbocycles. The molecule has 3 aromatic rings. The molecule has 1 aliphatic heterocycles. The number of hydrogen-bond acceptors (Lipinski definition) is 4. The molecule has 0 bridgehead atoms. The number of nitrogens with zero attached hydrogens (tertiary/aromatic N) is 3. The molecule has 0 saturated carbocycles. The van der Waals surface area contributed by atoms with Crippen LogP contribution in [0.2, 0.25) is 5.02 Å². The standard InChI is InChI=1S/C25H29ClN4O3/c1-2-3-4-12-27-24(31)18-10-13-29(14-11-18)25(32)21-17-22(23-9-6-15-33-23)30(28-21)20-8-5-7-19(26)16-20/h5-9,15-18H,2-4,10-14H2,1H3,(H,27,31). The Labute approximate surface area is 198 Å². The van der Waals surface area contributed by atoms with Crippen LogP contribution < -0.4 is 5.32 Å². The molecule has 7 nitrogen and oxygen atoms in total. The summed E-state index contributed by atoms with van der Waals surface area (Å²) in [5.41, 5.74) is 1.75. The normalized spacial score (nSPS) is 14.4. The van der Waals surface area contributed by atoms with Gasteiger partial charge < -0.3 is 14.6 Å². The second-order valence-corrected chi connectivity index (χ2v) is 8.78. The van der Waals surface area contributed by atoms with Crippen molar-refractivity contribution in [2.75, 3.05) is 19.6 Å². The minimum atomic E-state index is -0.148. The van der Waals surface area contributed by atoms with Crippen LogP contribution in [0, 0.1) is 5.92 Å². The highest BCUT2D eigenvalue weighted by atomic mass is 35.5. The Morgan fingerprint density at radius 3 is 2.67 bits per heavy atom. The smallest absolute Gasteiger partial charge is 0.274 e. The van der Waals surface area contributed by atoms with Gasteiger partial charge in [0.2, 0.25) is 5.91 Å². The molecule has 33 heavy (non-hydrogen) atoms. The molecule has 1 aliphatic rings. The Kier molecular flexibility index (Phi) is 7.50. The first kappa shape index (κ1) is 23.1. The lowest BCUT2D eigenvalue weighted by atomic mass is 9.95. The summed E-state index contributed by atoms with van der Waals surface area (Å²) in [4.78, 5) is 27.4. The van der Waals surface area contributed by atoms with Crippen molar-refractivity contribution in [1.29, 1.82) is 0 Å². The molecule has 4 rings (SSSR count). The van der Waals surface area contributed by atoms with E-state index in [0.29, 0.717) is 48.1 Å². The summed E-state index contributed by atoms with van der Waals surface area (Å²) >= 11 is 6.18. The number of amides is 2. The van der Waals surface area contributed by atoms with Crippen LogP contribution in [0.4, 0.5) is 0 Å². The summed E-state index contributed by atoms with van der Waals surface area (Å²) in [7, 11) is 0. The zero-order valence-corrected chi connectivity index (χ0v) is 19.6. The van der Waals surface area contributed by atoms with Gasteiger partial charge in [0.15, 0.2) is 11.5 Å². The van der Waals surface area contributed by atoms with Gasteiger partial charge in [-0.1, -0.05) is 37.4 Å². The number of halogens is 1. The van der Waals surface area contributed by atoms with Crippen molar-refractivity contribution in [3.8, 4) is 17.1 Å². The molecule has 1 saturated heterocycles. The SMILES string of the molecule is CCCCCNC(=O)C1CCN(C(=O)c2cc(-c3ccco3)n(-c3cccc(Cl)c3)n2)CC1. The number of likely N-dealkylation sites (tertiary alicyclic amines) is 1. The lowest BCUT2D eigenvalue weighted by Crippen LogP contribution is -2.43. The summed E-state index contributed by atoms with van der Waals surface area (Å²) in [5, 5.41) is 8.20. The minimum absolute atomic E-state index is 0.0432. The van der Waals surface area contributed by atoms with Gasteiger partial charge in [-0.2, -0.15) is 5.10 Å². The zero-order valence-electron chi connectivity index (χ0n) is 18.8. The van der Waals surface area contributed by atoms with Crippen LogP contribution in [0.5, 0.6) is 0 Å². The number of nitrogens with one attached hydrogen (secondary N) is 1. The summed E-state index contributed by atoms with van der Waals surface area (Å²) in [6.45, 7) is 3.93. The third-order valence-corrected chi connectivity index (χ3v) is 6.22. The average molecular weight is 469 g/mol. The van der Waals surface area contributed by atoms with E-state index < -0.39 is 0 Å². The Bertz CT molecular complexity index is 1090. The van der Waals surface area contributed by atoms with Crippen molar-refractivity contribution >= 4 is 23.4 Å². The second kappa shape index (κ2) is 10.7. The molecule has 1 fully saturated rings. The van der Waals surface area contributed by atoms with Crippen LogP contribution >= 0.6 is 11.6 Å². The highest BCUT2D eigenvalue weighted by Crippen LogP contribution is 2.27. The largest absolute Gasteiger partial charge is 0.463 e. The fourth-order valence-corrected chi connectivity index (χ4v) is 4.31. The van der Waals surface area contributed by atoms with Crippen LogP contribution in [0.3, 0.4) is 0 Å². The first-order valence-corrected chi connectivity index (χ1v) is 11.9. The number of carbonyl (C=O) groups excluding carboxylic acids is 2. The lowest BCUT2D eigenvalue weighted by molar-refractivity contribution is -0.126. The lowest BCUT2D eigenvalue weighted by Gasteiger charge is -2.30. The van der Waals surface area contributed by atoms with Crippen molar-refractivity contribution in [3.05, 3.63) is 59.4 Å². The van der Waals surface area contributed by atoms with Crippen molar-refractivity contribution in [1.82, 2.24) is 20.0 Å². The maximum absolute atomic E-state index is 13.2. The first-order valence-electron chi connectivity index (χ1n) is 11.5. The van der Waals surface area contributed by atoms with E-state index >= 15 is 0 Å². The van der Waals surface area contributed by atoms with E-state index in [1.54, 1.807) is 40.1 Å².